The summed E-state index contributed by atoms with van der Waals surface area (Å²) >= 11 is 0. The first-order chi connectivity index (χ1) is 6.77. The minimum absolute atomic E-state index is 0.604. The summed E-state index contributed by atoms with van der Waals surface area (Å²) < 4.78 is 2.39. The molecule has 0 N–H and O–H groups in total. The third kappa shape index (κ3) is 0.884. The monoisotopic (exact) mass is 186 g/mol. The Kier molecular flexibility index (Phi) is 1.49. The van der Waals surface area contributed by atoms with Crippen LogP contribution in [-0.2, 0) is 0 Å². The fourth-order valence-electron chi connectivity index (χ4n) is 2.60. The summed E-state index contributed by atoms with van der Waals surface area (Å²) in [6.45, 7) is 4.54. The Morgan fingerprint density at radius 3 is 2.93 bits per heavy atom. The summed E-state index contributed by atoms with van der Waals surface area (Å²) in [7, 11) is 0. The fourth-order valence-corrected chi connectivity index (χ4v) is 2.60. The topological polar surface area (TPSA) is 17.8 Å². The van der Waals surface area contributed by atoms with Gasteiger partial charge in [-0.2, -0.15) is 0 Å². The maximum absolute atomic E-state index is 4.69. The smallest absolute Gasteiger partial charge is 0.113 e. The van der Waals surface area contributed by atoms with E-state index in [2.05, 4.69) is 47.7 Å². The van der Waals surface area contributed by atoms with Crippen molar-refractivity contribution in [3.8, 4) is 0 Å². The first kappa shape index (κ1) is 8.04. The van der Waals surface area contributed by atoms with Crippen LogP contribution in [0.15, 0.2) is 24.3 Å². The molecule has 2 unspecified atom stereocenters. The molecule has 2 aromatic rings. The first-order valence-electron chi connectivity index (χ1n) is 5.24. The molecule has 1 aromatic carbocycles. The van der Waals surface area contributed by atoms with Crippen molar-refractivity contribution in [3.05, 3.63) is 30.1 Å². The van der Waals surface area contributed by atoms with Crippen molar-refractivity contribution in [2.24, 2.45) is 0 Å². The van der Waals surface area contributed by atoms with Gasteiger partial charge in [0.15, 0.2) is 0 Å². The van der Waals surface area contributed by atoms with Crippen LogP contribution in [0.3, 0.4) is 0 Å². The standard InChI is InChI=1S/C12H14N2/c1-8-7-9(2)14-11-6-4-3-5-10(11)13-12(8)14/h3-6,8-9H,7H2,1-2H3. The molecule has 0 bridgehead atoms. The predicted octanol–water partition coefficient (Wildman–Crippen LogP) is 3.10. The maximum Gasteiger partial charge on any atom is 0.113 e. The van der Waals surface area contributed by atoms with Gasteiger partial charge in [0.1, 0.15) is 5.82 Å². The Balaban J connectivity index is 2.37. The normalized spacial score (nSPS) is 25.6. The molecule has 1 aliphatic heterocycles. The van der Waals surface area contributed by atoms with Crippen LogP contribution >= 0.6 is 0 Å². The van der Waals surface area contributed by atoms with Crippen LogP contribution in [-0.4, -0.2) is 9.55 Å². The average molecular weight is 186 g/mol. The number of aromatic nitrogens is 2. The third-order valence-corrected chi connectivity index (χ3v) is 3.20. The molecule has 0 radical (unpaired) electrons. The second-order valence-electron chi connectivity index (χ2n) is 4.31. The number of hydrogen-bond donors (Lipinski definition) is 0. The van der Waals surface area contributed by atoms with Gasteiger partial charge in [-0.15, -0.1) is 0 Å². The first-order valence-corrected chi connectivity index (χ1v) is 5.24. The Morgan fingerprint density at radius 2 is 2.07 bits per heavy atom. The summed E-state index contributed by atoms with van der Waals surface area (Å²) in [5.41, 5.74) is 2.43. The largest absolute Gasteiger partial charge is 0.325 e. The molecule has 2 heterocycles. The molecule has 3 rings (SSSR count). The van der Waals surface area contributed by atoms with Gasteiger partial charge in [0.05, 0.1) is 11.0 Å². The maximum atomic E-state index is 4.69. The van der Waals surface area contributed by atoms with Crippen LogP contribution in [0.25, 0.3) is 11.0 Å². The van der Waals surface area contributed by atoms with Gasteiger partial charge in [0, 0.05) is 12.0 Å². The van der Waals surface area contributed by atoms with Gasteiger partial charge in [0.2, 0.25) is 0 Å². The average Bonchev–Trinajstić information content (AvgIpc) is 2.66. The molecular formula is C12H14N2. The quantitative estimate of drug-likeness (QED) is 0.618. The molecule has 0 saturated heterocycles. The molecule has 0 saturated carbocycles. The van der Waals surface area contributed by atoms with Crippen molar-refractivity contribution in [1.29, 1.82) is 0 Å². The van der Waals surface area contributed by atoms with Crippen molar-refractivity contribution < 1.29 is 0 Å². The number of imidazole rings is 1. The molecule has 2 nitrogen and oxygen atoms in total. The molecule has 2 heteroatoms. The highest BCUT2D eigenvalue weighted by molar-refractivity contribution is 5.76. The fraction of sp³-hybridized carbons (Fsp3) is 0.417. The number of hydrogen-bond acceptors (Lipinski definition) is 1. The zero-order valence-electron chi connectivity index (χ0n) is 8.57. The van der Waals surface area contributed by atoms with E-state index in [9.17, 15) is 0 Å². The second kappa shape index (κ2) is 2.59. The van der Waals surface area contributed by atoms with E-state index in [1.54, 1.807) is 0 Å². The summed E-state index contributed by atoms with van der Waals surface area (Å²) in [4.78, 5) is 4.69. The van der Waals surface area contributed by atoms with Crippen LogP contribution in [0.1, 0.15) is 38.1 Å². The van der Waals surface area contributed by atoms with Gasteiger partial charge in [-0.3, -0.25) is 0 Å². The van der Waals surface area contributed by atoms with Crippen molar-refractivity contribution in [2.45, 2.75) is 32.2 Å². The number of benzene rings is 1. The molecule has 1 aromatic heterocycles. The zero-order chi connectivity index (χ0) is 9.71. The molecule has 0 aliphatic carbocycles. The van der Waals surface area contributed by atoms with Crippen molar-refractivity contribution in [2.75, 3.05) is 0 Å². The lowest BCUT2D eigenvalue weighted by atomic mass is 10.1. The molecule has 1 aliphatic rings. The number of fused-ring (bicyclic) bond motifs is 3. The SMILES string of the molecule is CC1CC(C)n2c1nc1ccccc12. The Labute approximate surface area is 83.6 Å². The van der Waals surface area contributed by atoms with E-state index >= 15 is 0 Å². The molecule has 72 valence electrons. The van der Waals surface area contributed by atoms with Crippen LogP contribution in [0, 0.1) is 0 Å². The van der Waals surface area contributed by atoms with E-state index in [-0.39, 0.29) is 0 Å². The minimum atomic E-state index is 0.604. The van der Waals surface area contributed by atoms with Gasteiger partial charge >= 0.3 is 0 Å². The van der Waals surface area contributed by atoms with Crippen LogP contribution in [0.4, 0.5) is 0 Å². The predicted molar refractivity (Wildman–Crippen MR) is 57.5 cm³/mol. The number of para-hydroxylation sites is 2. The highest BCUT2D eigenvalue weighted by atomic mass is 15.1. The Bertz CT molecular complexity index is 484. The van der Waals surface area contributed by atoms with Crippen LogP contribution in [0.5, 0.6) is 0 Å². The van der Waals surface area contributed by atoms with Crippen molar-refractivity contribution in [3.63, 3.8) is 0 Å². The second-order valence-corrected chi connectivity index (χ2v) is 4.31. The number of nitrogens with zero attached hydrogens (tertiary/aromatic N) is 2. The minimum Gasteiger partial charge on any atom is -0.325 e. The third-order valence-electron chi connectivity index (χ3n) is 3.20. The molecular weight excluding hydrogens is 172 g/mol. The van der Waals surface area contributed by atoms with E-state index in [1.807, 2.05) is 0 Å². The molecule has 0 spiro atoms. The van der Waals surface area contributed by atoms with E-state index in [0.29, 0.717) is 12.0 Å². The Hall–Kier alpha value is -1.31. The lowest BCUT2D eigenvalue weighted by molar-refractivity contribution is 0.572. The van der Waals surface area contributed by atoms with Crippen LogP contribution < -0.4 is 0 Å². The van der Waals surface area contributed by atoms with Gasteiger partial charge in [0.25, 0.3) is 0 Å². The molecule has 2 atom stereocenters. The summed E-state index contributed by atoms with van der Waals surface area (Å²) in [5.74, 6) is 1.87. The summed E-state index contributed by atoms with van der Waals surface area (Å²) in [6.07, 6.45) is 1.23. The van der Waals surface area contributed by atoms with Crippen LogP contribution in [0.2, 0.25) is 0 Å². The molecule has 14 heavy (non-hydrogen) atoms. The van der Waals surface area contributed by atoms with Gasteiger partial charge in [-0.25, -0.2) is 4.98 Å². The van der Waals surface area contributed by atoms with E-state index in [1.165, 1.54) is 17.8 Å². The molecule has 0 amide bonds. The summed E-state index contributed by atoms with van der Waals surface area (Å²) in [6, 6.07) is 9.01. The Morgan fingerprint density at radius 1 is 1.29 bits per heavy atom. The number of rotatable bonds is 0. The van der Waals surface area contributed by atoms with Gasteiger partial charge in [-0.05, 0) is 25.5 Å². The molecule has 0 fully saturated rings. The van der Waals surface area contributed by atoms with E-state index < -0.39 is 0 Å². The highest BCUT2D eigenvalue weighted by Gasteiger charge is 2.27. The lowest BCUT2D eigenvalue weighted by Gasteiger charge is -2.06. The highest BCUT2D eigenvalue weighted by Crippen LogP contribution is 2.37. The van der Waals surface area contributed by atoms with E-state index in [0.717, 1.165) is 5.52 Å². The van der Waals surface area contributed by atoms with Crippen molar-refractivity contribution >= 4 is 11.0 Å². The summed E-state index contributed by atoms with van der Waals surface area (Å²) in [5, 5.41) is 0. The van der Waals surface area contributed by atoms with Gasteiger partial charge < -0.3 is 4.57 Å². The van der Waals surface area contributed by atoms with Gasteiger partial charge in [-0.1, -0.05) is 19.1 Å². The zero-order valence-corrected chi connectivity index (χ0v) is 8.57. The van der Waals surface area contributed by atoms with Crippen molar-refractivity contribution in [1.82, 2.24) is 9.55 Å². The lowest BCUT2D eigenvalue weighted by Crippen LogP contribution is -1.97. The van der Waals surface area contributed by atoms with E-state index in [4.69, 9.17) is 0 Å².